The molecule has 0 amide bonds. The number of non-ortho nitro benzene ring substituents is 1. The van der Waals surface area contributed by atoms with Crippen molar-refractivity contribution in [2.24, 2.45) is 0 Å². The Labute approximate surface area is 159 Å². The summed E-state index contributed by atoms with van der Waals surface area (Å²) in [6.07, 6.45) is 0. The second kappa shape index (κ2) is 7.24. The topological polar surface area (TPSA) is 101 Å². The van der Waals surface area contributed by atoms with E-state index in [1.165, 1.54) is 12.1 Å². The highest BCUT2D eigenvalue weighted by molar-refractivity contribution is 6.03. The van der Waals surface area contributed by atoms with E-state index in [0.29, 0.717) is 39.0 Å². The molecule has 0 atom stereocenters. The molecule has 0 fully saturated rings. The Morgan fingerprint density at radius 1 is 1.29 bits per heavy atom. The first-order chi connectivity index (χ1) is 13.5. The average Bonchev–Trinajstić information content (AvgIpc) is 2.70. The van der Waals surface area contributed by atoms with Gasteiger partial charge in [-0.3, -0.25) is 15.1 Å². The molecule has 142 valence electrons. The molecule has 2 heterocycles. The van der Waals surface area contributed by atoms with Crippen molar-refractivity contribution in [1.82, 2.24) is 4.98 Å². The lowest BCUT2D eigenvalue weighted by Gasteiger charge is -2.20. The molecule has 0 N–H and O–H groups in total. The molecule has 1 aliphatic heterocycles. The zero-order chi connectivity index (χ0) is 19.7. The summed E-state index contributed by atoms with van der Waals surface area (Å²) in [6.45, 7) is 1.89. The Morgan fingerprint density at radius 3 is 2.93 bits per heavy atom. The highest BCUT2D eigenvalue weighted by Crippen LogP contribution is 2.33. The van der Waals surface area contributed by atoms with Gasteiger partial charge in [0.15, 0.2) is 6.79 Å². The lowest BCUT2D eigenvalue weighted by Crippen LogP contribution is -2.15. The molecule has 2 aromatic carbocycles. The number of ether oxygens (including phenoxy) is 3. The van der Waals surface area contributed by atoms with E-state index in [0.717, 1.165) is 0 Å². The first-order valence-corrected chi connectivity index (χ1v) is 8.57. The van der Waals surface area contributed by atoms with E-state index in [1.807, 2.05) is 18.2 Å². The molecule has 28 heavy (non-hydrogen) atoms. The van der Waals surface area contributed by atoms with Crippen molar-refractivity contribution in [3.8, 4) is 5.75 Å². The molecule has 3 aromatic rings. The molecular formula is C20H16N2O6. The van der Waals surface area contributed by atoms with Gasteiger partial charge in [0.05, 0.1) is 22.6 Å². The van der Waals surface area contributed by atoms with Crippen LogP contribution in [0.25, 0.3) is 10.9 Å². The number of esters is 1. The number of aromatic nitrogens is 1. The minimum absolute atomic E-state index is 0.0416. The van der Waals surface area contributed by atoms with Crippen LogP contribution >= 0.6 is 0 Å². The monoisotopic (exact) mass is 380 g/mol. The van der Waals surface area contributed by atoms with Gasteiger partial charge in [-0.15, -0.1) is 0 Å². The van der Waals surface area contributed by atoms with E-state index in [9.17, 15) is 14.9 Å². The van der Waals surface area contributed by atoms with Crippen molar-refractivity contribution in [3.05, 3.63) is 75.0 Å². The van der Waals surface area contributed by atoms with E-state index in [4.69, 9.17) is 14.2 Å². The maximum Gasteiger partial charge on any atom is 0.339 e. The van der Waals surface area contributed by atoms with Gasteiger partial charge in [0.25, 0.3) is 5.69 Å². The summed E-state index contributed by atoms with van der Waals surface area (Å²) in [4.78, 5) is 27.8. The van der Waals surface area contributed by atoms with Gasteiger partial charge in [0.1, 0.15) is 12.4 Å². The number of benzene rings is 2. The molecule has 0 bridgehead atoms. The van der Waals surface area contributed by atoms with Gasteiger partial charge in [-0.2, -0.15) is 0 Å². The number of hydrogen-bond donors (Lipinski definition) is 0. The summed E-state index contributed by atoms with van der Waals surface area (Å²) in [7, 11) is 0. The Kier molecular flexibility index (Phi) is 4.62. The molecule has 0 saturated carbocycles. The van der Waals surface area contributed by atoms with Crippen LogP contribution < -0.4 is 4.74 Å². The van der Waals surface area contributed by atoms with E-state index in [2.05, 4.69) is 4.98 Å². The van der Waals surface area contributed by atoms with E-state index < -0.39 is 10.9 Å². The van der Waals surface area contributed by atoms with Crippen LogP contribution in [0.15, 0.2) is 42.5 Å². The van der Waals surface area contributed by atoms with Crippen LogP contribution in [-0.2, 0) is 22.7 Å². The predicted molar refractivity (Wildman–Crippen MR) is 99.0 cm³/mol. The molecule has 0 unspecified atom stereocenters. The maximum absolute atomic E-state index is 12.7. The van der Waals surface area contributed by atoms with Crippen molar-refractivity contribution in [3.63, 3.8) is 0 Å². The molecular weight excluding hydrogens is 364 g/mol. The third-order valence-electron chi connectivity index (χ3n) is 4.41. The second-order valence-electron chi connectivity index (χ2n) is 6.37. The van der Waals surface area contributed by atoms with E-state index in [-0.39, 0.29) is 25.7 Å². The number of carbonyl (C=O) groups is 1. The summed E-state index contributed by atoms with van der Waals surface area (Å²) in [6, 6.07) is 11.7. The fourth-order valence-electron chi connectivity index (χ4n) is 3.19. The largest absolute Gasteiger partial charge is 0.467 e. The molecule has 0 saturated heterocycles. The number of aryl methyl sites for hydroxylation is 1. The van der Waals surface area contributed by atoms with E-state index >= 15 is 0 Å². The summed E-state index contributed by atoms with van der Waals surface area (Å²) < 4.78 is 16.1. The van der Waals surface area contributed by atoms with Crippen LogP contribution in [0.3, 0.4) is 0 Å². The summed E-state index contributed by atoms with van der Waals surface area (Å²) in [5.74, 6) is -0.0746. The SMILES string of the molecule is Cc1cc(C(=O)OCc2cc([N+](=O)[O-])cc3c2OCOC3)c2ccccc2n1. The molecule has 0 spiro atoms. The first kappa shape index (κ1) is 17.9. The zero-order valence-corrected chi connectivity index (χ0v) is 15.0. The van der Waals surface area contributed by atoms with Crippen LogP contribution in [0.4, 0.5) is 5.69 Å². The standard InChI is InChI=1S/C20H16N2O6/c1-12-6-17(16-4-2-3-5-18(16)21-12)20(23)27-10-14-8-15(22(24)25)7-13-9-26-11-28-19(13)14/h2-8H,9-11H2,1H3. The van der Waals surface area contributed by atoms with Gasteiger partial charge < -0.3 is 14.2 Å². The first-order valence-electron chi connectivity index (χ1n) is 8.57. The predicted octanol–water partition coefficient (Wildman–Crippen LogP) is 3.67. The van der Waals surface area contributed by atoms with Crippen molar-refractivity contribution < 1.29 is 23.9 Å². The van der Waals surface area contributed by atoms with Gasteiger partial charge in [0, 0.05) is 34.3 Å². The number of nitro groups is 1. The number of carbonyl (C=O) groups excluding carboxylic acids is 1. The third kappa shape index (κ3) is 3.37. The number of nitrogens with zero attached hydrogens (tertiary/aromatic N) is 2. The van der Waals surface area contributed by atoms with Crippen LogP contribution in [0, 0.1) is 17.0 Å². The smallest absolute Gasteiger partial charge is 0.339 e. The lowest BCUT2D eigenvalue weighted by molar-refractivity contribution is -0.385. The average molecular weight is 380 g/mol. The number of nitro benzene ring substituents is 1. The van der Waals surface area contributed by atoms with Gasteiger partial charge in [0.2, 0.25) is 0 Å². The number of para-hydroxylation sites is 1. The van der Waals surface area contributed by atoms with Gasteiger partial charge >= 0.3 is 5.97 Å². The van der Waals surface area contributed by atoms with E-state index in [1.54, 1.807) is 19.1 Å². The summed E-state index contributed by atoms with van der Waals surface area (Å²) >= 11 is 0. The van der Waals surface area contributed by atoms with Crippen LogP contribution in [0.2, 0.25) is 0 Å². The number of fused-ring (bicyclic) bond motifs is 2. The molecule has 4 rings (SSSR count). The minimum Gasteiger partial charge on any atom is -0.467 e. The Bertz CT molecular complexity index is 1100. The molecule has 8 heteroatoms. The molecule has 0 radical (unpaired) electrons. The number of pyridine rings is 1. The normalized spacial score (nSPS) is 12.9. The fourth-order valence-corrected chi connectivity index (χ4v) is 3.19. The molecule has 1 aliphatic rings. The minimum atomic E-state index is -0.533. The lowest BCUT2D eigenvalue weighted by atomic mass is 10.1. The van der Waals surface area contributed by atoms with Gasteiger partial charge in [-0.05, 0) is 19.1 Å². The number of rotatable bonds is 4. The molecule has 0 aliphatic carbocycles. The Morgan fingerprint density at radius 2 is 2.11 bits per heavy atom. The fraction of sp³-hybridized carbons (Fsp3) is 0.200. The van der Waals surface area contributed by atoms with Crippen molar-refractivity contribution >= 4 is 22.6 Å². The highest BCUT2D eigenvalue weighted by Gasteiger charge is 2.22. The second-order valence-corrected chi connectivity index (χ2v) is 6.37. The molecule has 8 nitrogen and oxygen atoms in total. The summed E-state index contributed by atoms with van der Waals surface area (Å²) in [5, 5.41) is 11.9. The zero-order valence-electron chi connectivity index (χ0n) is 15.0. The van der Waals surface area contributed by atoms with Crippen molar-refractivity contribution in [2.45, 2.75) is 20.1 Å². The van der Waals surface area contributed by atoms with Crippen molar-refractivity contribution in [2.75, 3.05) is 6.79 Å². The Hall–Kier alpha value is -3.52. The maximum atomic E-state index is 12.7. The third-order valence-corrected chi connectivity index (χ3v) is 4.41. The summed E-state index contributed by atoms with van der Waals surface area (Å²) in [5.41, 5.74) is 2.66. The molecule has 1 aromatic heterocycles. The number of hydrogen-bond acceptors (Lipinski definition) is 7. The van der Waals surface area contributed by atoms with Crippen LogP contribution in [0.1, 0.15) is 27.2 Å². The van der Waals surface area contributed by atoms with Gasteiger partial charge in [-0.25, -0.2) is 4.79 Å². The Balaban J connectivity index is 1.64. The highest BCUT2D eigenvalue weighted by atomic mass is 16.7. The van der Waals surface area contributed by atoms with Crippen LogP contribution in [0.5, 0.6) is 5.75 Å². The van der Waals surface area contributed by atoms with Gasteiger partial charge in [-0.1, -0.05) is 18.2 Å². The quantitative estimate of drug-likeness (QED) is 0.387. The van der Waals surface area contributed by atoms with Crippen LogP contribution in [-0.4, -0.2) is 22.7 Å². The van der Waals surface area contributed by atoms with Crippen molar-refractivity contribution in [1.29, 1.82) is 0 Å².